The van der Waals surface area contributed by atoms with Gasteiger partial charge >= 0.3 is 0 Å². The van der Waals surface area contributed by atoms with Gasteiger partial charge in [0.1, 0.15) is 5.52 Å². The molecule has 3 heteroatoms. The number of hydrogen-bond donors (Lipinski definition) is 0. The molecule has 0 amide bonds. The topological polar surface area (TPSA) is 26.0 Å². The third-order valence-corrected chi connectivity index (χ3v) is 5.77. The molecule has 0 saturated heterocycles. The Morgan fingerprint density at radius 2 is 1.40 bits per heavy atom. The van der Waals surface area contributed by atoms with Crippen LogP contribution in [0.25, 0.3) is 55.2 Å². The lowest BCUT2D eigenvalue weighted by molar-refractivity contribution is 0.623. The maximum absolute atomic E-state index is 6.42. The Bertz CT molecular complexity index is 1540. The van der Waals surface area contributed by atoms with Crippen molar-refractivity contribution in [3.05, 3.63) is 102 Å². The highest BCUT2D eigenvalue weighted by molar-refractivity contribution is 6.32. The summed E-state index contributed by atoms with van der Waals surface area (Å²) in [6.07, 6.45) is 0. The first-order valence-electron chi connectivity index (χ1n) is 9.84. The first-order chi connectivity index (χ1) is 14.8. The molecule has 0 aliphatic carbocycles. The van der Waals surface area contributed by atoms with E-state index in [1.807, 2.05) is 54.6 Å². The van der Waals surface area contributed by atoms with Gasteiger partial charge in [0.05, 0.1) is 0 Å². The average Bonchev–Trinajstić information content (AvgIpc) is 3.24. The summed E-state index contributed by atoms with van der Waals surface area (Å²) < 4.78 is 6.31. The molecule has 30 heavy (non-hydrogen) atoms. The Morgan fingerprint density at radius 1 is 0.667 bits per heavy atom. The largest absolute Gasteiger partial charge is 0.435 e. The van der Waals surface area contributed by atoms with Gasteiger partial charge in [-0.25, -0.2) is 4.98 Å². The van der Waals surface area contributed by atoms with Gasteiger partial charge in [-0.05, 0) is 63.7 Å². The summed E-state index contributed by atoms with van der Waals surface area (Å²) in [6.45, 7) is 0. The molecular weight excluding hydrogens is 390 g/mol. The molecule has 0 unspecified atom stereocenters. The minimum Gasteiger partial charge on any atom is -0.435 e. The fraction of sp³-hybridized carbons (Fsp3) is 0. The minimum atomic E-state index is 0.625. The van der Waals surface area contributed by atoms with E-state index in [4.69, 9.17) is 21.0 Å². The number of halogens is 1. The van der Waals surface area contributed by atoms with Gasteiger partial charge in [0.2, 0.25) is 5.89 Å². The van der Waals surface area contributed by atoms with E-state index in [0.717, 1.165) is 38.2 Å². The van der Waals surface area contributed by atoms with E-state index < -0.39 is 0 Å². The molecule has 0 N–H and O–H groups in total. The van der Waals surface area contributed by atoms with Crippen molar-refractivity contribution in [2.24, 2.45) is 0 Å². The number of nitrogens with zero attached hydrogens (tertiary/aromatic N) is 1. The lowest BCUT2D eigenvalue weighted by atomic mass is 9.93. The number of benzene rings is 5. The molecule has 6 aromatic rings. The van der Waals surface area contributed by atoms with Crippen LogP contribution >= 0.6 is 11.6 Å². The highest BCUT2D eigenvalue weighted by Crippen LogP contribution is 2.40. The molecule has 5 aromatic carbocycles. The lowest BCUT2D eigenvalue weighted by Crippen LogP contribution is -1.85. The monoisotopic (exact) mass is 405 g/mol. The second-order valence-corrected chi connectivity index (χ2v) is 7.81. The van der Waals surface area contributed by atoms with Gasteiger partial charge in [-0.15, -0.1) is 0 Å². The molecule has 0 fully saturated rings. The molecule has 1 aromatic heterocycles. The summed E-state index contributed by atoms with van der Waals surface area (Å²) in [4.78, 5) is 4.74. The van der Waals surface area contributed by atoms with Gasteiger partial charge < -0.3 is 4.42 Å². The van der Waals surface area contributed by atoms with Crippen molar-refractivity contribution >= 4 is 44.2 Å². The maximum Gasteiger partial charge on any atom is 0.227 e. The fourth-order valence-corrected chi connectivity index (χ4v) is 4.33. The molecule has 1 heterocycles. The minimum absolute atomic E-state index is 0.625. The zero-order valence-corrected chi connectivity index (χ0v) is 16.7. The van der Waals surface area contributed by atoms with Crippen LogP contribution in [-0.4, -0.2) is 4.98 Å². The molecule has 0 aliphatic rings. The van der Waals surface area contributed by atoms with Crippen molar-refractivity contribution in [3.63, 3.8) is 0 Å². The van der Waals surface area contributed by atoms with Crippen molar-refractivity contribution in [2.75, 3.05) is 0 Å². The SMILES string of the molecule is Clc1ccc2c(-c3ccccc3)cc3ccc4nc(-c5ccccc5)oc4c3c2c1. The number of aromatic nitrogens is 1. The molecule has 0 spiro atoms. The van der Waals surface area contributed by atoms with Crippen LogP contribution in [0.1, 0.15) is 0 Å². The molecule has 6 rings (SSSR count). The fourth-order valence-electron chi connectivity index (χ4n) is 4.16. The molecule has 0 atom stereocenters. The summed E-state index contributed by atoms with van der Waals surface area (Å²) in [5.74, 6) is 0.625. The van der Waals surface area contributed by atoms with Crippen LogP contribution in [0.2, 0.25) is 5.02 Å². The summed E-state index contributed by atoms with van der Waals surface area (Å²) in [5, 5.41) is 5.06. The third-order valence-electron chi connectivity index (χ3n) is 5.54. The van der Waals surface area contributed by atoms with Gasteiger partial charge in [-0.3, -0.25) is 0 Å². The Kier molecular flexibility index (Phi) is 3.87. The van der Waals surface area contributed by atoms with Crippen molar-refractivity contribution in [2.45, 2.75) is 0 Å². The first kappa shape index (κ1) is 17.3. The Hall–Kier alpha value is -3.62. The van der Waals surface area contributed by atoms with Crippen molar-refractivity contribution in [3.8, 4) is 22.6 Å². The highest BCUT2D eigenvalue weighted by atomic mass is 35.5. The van der Waals surface area contributed by atoms with E-state index in [9.17, 15) is 0 Å². The van der Waals surface area contributed by atoms with E-state index in [0.29, 0.717) is 10.9 Å². The normalized spacial score (nSPS) is 11.5. The van der Waals surface area contributed by atoms with E-state index in [-0.39, 0.29) is 0 Å². The molecule has 0 radical (unpaired) electrons. The second-order valence-electron chi connectivity index (χ2n) is 7.38. The Balaban J connectivity index is 1.73. The zero-order chi connectivity index (χ0) is 20.1. The van der Waals surface area contributed by atoms with Crippen molar-refractivity contribution < 1.29 is 4.42 Å². The van der Waals surface area contributed by atoms with Crippen LogP contribution in [0.3, 0.4) is 0 Å². The van der Waals surface area contributed by atoms with Crippen LogP contribution in [0, 0.1) is 0 Å². The summed E-state index contributed by atoms with van der Waals surface area (Å²) >= 11 is 6.42. The van der Waals surface area contributed by atoms with Crippen LogP contribution in [-0.2, 0) is 0 Å². The van der Waals surface area contributed by atoms with Gasteiger partial charge in [-0.2, -0.15) is 0 Å². The molecule has 2 nitrogen and oxygen atoms in total. The number of fused-ring (bicyclic) bond motifs is 5. The first-order valence-corrected chi connectivity index (χ1v) is 10.2. The van der Waals surface area contributed by atoms with E-state index in [1.165, 1.54) is 11.1 Å². The highest BCUT2D eigenvalue weighted by Gasteiger charge is 2.16. The van der Waals surface area contributed by atoms with Crippen LogP contribution in [0.4, 0.5) is 0 Å². The predicted octanol–water partition coefficient (Wildman–Crippen LogP) is 8.12. The molecule has 0 saturated carbocycles. The Labute approximate surface area is 178 Å². The van der Waals surface area contributed by atoms with Gasteiger partial charge in [0.15, 0.2) is 5.58 Å². The molecule has 142 valence electrons. The van der Waals surface area contributed by atoms with E-state index in [2.05, 4.69) is 42.5 Å². The number of oxazole rings is 1. The smallest absolute Gasteiger partial charge is 0.227 e. The van der Waals surface area contributed by atoms with Gasteiger partial charge in [0.25, 0.3) is 0 Å². The van der Waals surface area contributed by atoms with Gasteiger partial charge in [0, 0.05) is 16.0 Å². The van der Waals surface area contributed by atoms with Crippen molar-refractivity contribution in [1.82, 2.24) is 4.98 Å². The van der Waals surface area contributed by atoms with Crippen molar-refractivity contribution in [1.29, 1.82) is 0 Å². The molecule has 0 aliphatic heterocycles. The number of hydrogen-bond acceptors (Lipinski definition) is 2. The lowest BCUT2D eigenvalue weighted by Gasteiger charge is -2.11. The van der Waals surface area contributed by atoms with Crippen LogP contribution in [0.15, 0.2) is 101 Å². The van der Waals surface area contributed by atoms with Gasteiger partial charge in [-0.1, -0.05) is 72.3 Å². The Morgan fingerprint density at radius 3 is 2.17 bits per heavy atom. The summed E-state index contributed by atoms with van der Waals surface area (Å²) in [5.41, 5.74) is 4.95. The average molecular weight is 406 g/mol. The molecule has 0 bridgehead atoms. The van der Waals surface area contributed by atoms with Crippen LogP contribution < -0.4 is 0 Å². The van der Waals surface area contributed by atoms with E-state index >= 15 is 0 Å². The maximum atomic E-state index is 6.42. The third kappa shape index (κ3) is 2.69. The number of rotatable bonds is 2. The zero-order valence-electron chi connectivity index (χ0n) is 16.0. The molecular formula is C27H16ClNO. The van der Waals surface area contributed by atoms with Crippen LogP contribution in [0.5, 0.6) is 0 Å². The van der Waals surface area contributed by atoms with E-state index in [1.54, 1.807) is 0 Å². The summed E-state index contributed by atoms with van der Waals surface area (Å²) in [6, 6.07) is 32.8. The predicted molar refractivity (Wildman–Crippen MR) is 125 cm³/mol. The summed E-state index contributed by atoms with van der Waals surface area (Å²) in [7, 11) is 0. The second kappa shape index (κ2) is 6.72. The quantitative estimate of drug-likeness (QED) is 0.272. The standard InChI is InChI=1S/C27H16ClNO/c28-20-12-13-21-22(17-7-3-1-4-8-17)15-19-11-14-24-26(25(19)23(21)16-20)30-27(29-24)18-9-5-2-6-10-18/h1-16H.